The number of nitrogens with one attached hydrogen (secondary N) is 1. The van der Waals surface area contributed by atoms with Gasteiger partial charge in [-0.05, 0) is 48.1 Å². The van der Waals surface area contributed by atoms with Crippen molar-refractivity contribution in [1.29, 1.82) is 0 Å². The summed E-state index contributed by atoms with van der Waals surface area (Å²) in [5.41, 5.74) is 1.51. The van der Waals surface area contributed by atoms with Crippen LogP contribution in [0.15, 0.2) is 47.5 Å². The number of carboxylic acids is 1. The van der Waals surface area contributed by atoms with Gasteiger partial charge in [-0.3, -0.25) is 4.79 Å². The van der Waals surface area contributed by atoms with E-state index >= 15 is 0 Å². The van der Waals surface area contributed by atoms with Gasteiger partial charge in [0.2, 0.25) is 0 Å². The van der Waals surface area contributed by atoms with E-state index in [0.29, 0.717) is 5.56 Å². The zero-order valence-corrected chi connectivity index (χ0v) is 14.4. The fourth-order valence-corrected chi connectivity index (χ4v) is 2.92. The van der Waals surface area contributed by atoms with Crippen molar-refractivity contribution in [3.63, 3.8) is 0 Å². The predicted octanol–water partition coefficient (Wildman–Crippen LogP) is 4.34. The minimum absolute atomic E-state index is 0.130. The Morgan fingerprint density at radius 1 is 1.17 bits per heavy atom. The Kier molecular flexibility index (Phi) is 6.75. The Hall–Kier alpha value is -2.40. The first-order valence-corrected chi connectivity index (χ1v) is 8.87. The SMILES string of the molecule is CCCCCc1ccc(C(=O)N/C(=C/c2cccs2)C(=O)O)cc1. The molecule has 0 aliphatic heterocycles. The summed E-state index contributed by atoms with van der Waals surface area (Å²) in [7, 11) is 0. The molecule has 0 atom stereocenters. The molecule has 24 heavy (non-hydrogen) atoms. The first-order valence-electron chi connectivity index (χ1n) is 7.99. The van der Waals surface area contributed by atoms with Crippen molar-refractivity contribution >= 4 is 29.3 Å². The number of aryl methyl sites for hydroxylation is 1. The molecule has 2 aromatic rings. The molecule has 0 fully saturated rings. The van der Waals surface area contributed by atoms with Gasteiger partial charge in [0, 0.05) is 10.4 Å². The third kappa shape index (κ3) is 5.35. The molecule has 5 heteroatoms. The number of amides is 1. The molecule has 1 amide bonds. The molecule has 1 aromatic heterocycles. The van der Waals surface area contributed by atoms with Gasteiger partial charge in [0.15, 0.2) is 0 Å². The van der Waals surface area contributed by atoms with Crippen LogP contribution in [0.5, 0.6) is 0 Å². The molecule has 0 aliphatic carbocycles. The fourth-order valence-electron chi connectivity index (χ4n) is 2.26. The lowest BCUT2D eigenvalue weighted by molar-refractivity contribution is -0.132. The lowest BCUT2D eigenvalue weighted by Crippen LogP contribution is -2.27. The fraction of sp³-hybridized carbons (Fsp3) is 0.263. The van der Waals surface area contributed by atoms with Crippen LogP contribution in [0.4, 0.5) is 0 Å². The molecule has 0 bridgehead atoms. The number of aliphatic carboxylic acids is 1. The second kappa shape index (κ2) is 9.03. The van der Waals surface area contributed by atoms with E-state index < -0.39 is 11.9 Å². The summed E-state index contributed by atoms with van der Waals surface area (Å²) >= 11 is 1.41. The summed E-state index contributed by atoms with van der Waals surface area (Å²) in [4.78, 5) is 24.3. The van der Waals surface area contributed by atoms with Gasteiger partial charge in [0.05, 0.1) is 0 Å². The number of unbranched alkanes of at least 4 members (excludes halogenated alkanes) is 2. The summed E-state index contributed by atoms with van der Waals surface area (Å²) < 4.78 is 0. The van der Waals surface area contributed by atoms with E-state index in [4.69, 9.17) is 0 Å². The van der Waals surface area contributed by atoms with E-state index in [0.717, 1.165) is 17.7 Å². The molecule has 126 valence electrons. The average molecular weight is 343 g/mol. The highest BCUT2D eigenvalue weighted by atomic mass is 32.1. The maximum atomic E-state index is 12.2. The number of thiophene rings is 1. The highest BCUT2D eigenvalue weighted by Gasteiger charge is 2.13. The zero-order valence-electron chi connectivity index (χ0n) is 13.6. The monoisotopic (exact) mass is 343 g/mol. The van der Waals surface area contributed by atoms with Gasteiger partial charge in [0.25, 0.3) is 5.91 Å². The number of carbonyl (C=O) groups excluding carboxylic acids is 1. The normalized spacial score (nSPS) is 11.3. The minimum atomic E-state index is -1.16. The Labute approximate surface area is 145 Å². The van der Waals surface area contributed by atoms with Crippen LogP contribution in [0.3, 0.4) is 0 Å². The van der Waals surface area contributed by atoms with Crippen LogP contribution < -0.4 is 5.32 Å². The lowest BCUT2D eigenvalue weighted by Gasteiger charge is -2.07. The van der Waals surface area contributed by atoms with Crippen molar-refractivity contribution in [2.75, 3.05) is 0 Å². The van der Waals surface area contributed by atoms with Crippen molar-refractivity contribution in [2.45, 2.75) is 32.6 Å². The third-order valence-corrected chi connectivity index (χ3v) is 4.41. The summed E-state index contributed by atoms with van der Waals surface area (Å²) in [6, 6.07) is 10.9. The van der Waals surface area contributed by atoms with Crippen LogP contribution >= 0.6 is 11.3 Å². The largest absolute Gasteiger partial charge is 0.477 e. The Morgan fingerprint density at radius 3 is 2.50 bits per heavy atom. The second-order valence-corrected chi connectivity index (χ2v) is 6.47. The van der Waals surface area contributed by atoms with Crippen LogP contribution in [0.25, 0.3) is 6.08 Å². The predicted molar refractivity (Wildman–Crippen MR) is 97.1 cm³/mol. The van der Waals surface area contributed by atoms with Crippen LogP contribution in [-0.2, 0) is 11.2 Å². The molecule has 0 unspecified atom stereocenters. The zero-order chi connectivity index (χ0) is 17.4. The summed E-state index contributed by atoms with van der Waals surface area (Å²) in [6.45, 7) is 2.16. The van der Waals surface area contributed by atoms with Gasteiger partial charge < -0.3 is 10.4 Å². The average Bonchev–Trinajstić information content (AvgIpc) is 3.08. The Balaban J connectivity index is 2.03. The molecule has 1 aromatic carbocycles. The van der Waals surface area contributed by atoms with Gasteiger partial charge in [-0.15, -0.1) is 11.3 Å². The van der Waals surface area contributed by atoms with Crippen LogP contribution in [0, 0.1) is 0 Å². The topological polar surface area (TPSA) is 66.4 Å². The van der Waals surface area contributed by atoms with Crippen molar-refractivity contribution in [2.24, 2.45) is 0 Å². The number of rotatable bonds is 8. The van der Waals surface area contributed by atoms with E-state index in [-0.39, 0.29) is 5.70 Å². The summed E-state index contributed by atoms with van der Waals surface area (Å²) in [6.07, 6.45) is 5.96. The number of hydrogen-bond donors (Lipinski definition) is 2. The first kappa shape index (κ1) is 17.9. The molecule has 0 radical (unpaired) electrons. The van der Waals surface area contributed by atoms with Crippen molar-refractivity contribution in [3.8, 4) is 0 Å². The smallest absolute Gasteiger partial charge is 0.352 e. The second-order valence-electron chi connectivity index (χ2n) is 5.49. The van der Waals surface area contributed by atoms with Gasteiger partial charge in [0.1, 0.15) is 5.70 Å². The molecule has 1 heterocycles. The molecule has 0 saturated carbocycles. The Morgan fingerprint density at radius 2 is 1.92 bits per heavy atom. The van der Waals surface area contributed by atoms with E-state index in [2.05, 4.69) is 12.2 Å². The van der Waals surface area contributed by atoms with Crippen molar-refractivity contribution in [3.05, 3.63) is 63.5 Å². The van der Waals surface area contributed by atoms with Gasteiger partial charge in [-0.1, -0.05) is 38.0 Å². The van der Waals surface area contributed by atoms with Gasteiger partial charge in [-0.25, -0.2) is 4.79 Å². The first-order chi connectivity index (χ1) is 11.6. The van der Waals surface area contributed by atoms with E-state index in [1.165, 1.54) is 35.8 Å². The van der Waals surface area contributed by atoms with Crippen molar-refractivity contribution in [1.82, 2.24) is 5.32 Å². The highest BCUT2D eigenvalue weighted by molar-refractivity contribution is 7.10. The molecule has 0 spiro atoms. The van der Waals surface area contributed by atoms with E-state index in [1.54, 1.807) is 18.2 Å². The number of carboxylic acid groups (broad SMARTS) is 1. The van der Waals surface area contributed by atoms with Gasteiger partial charge in [-0.2, -0.15) is 0 Å². The van der Waals surface area contributed by atoms with Gasteiger partial charge >= 0.3 is 5.97 Å². The van der Waals surface area contributed by atoms with E-state index in [9.17, 15) is 14.7 Å². The lowest BCUT2D eigenvalue weighted by atomic mass is 10.1. The standard InChI is InChI=1S/C19H21NO3S/c1-2-3-4-6-14-8-10-15(11-9-14)18(21)20-17(19(22)23)13-16-7-5-12-24-16/h5,7-13H,2-4,6H2,1H3,(H,20,21)(H,22,23)/b17-13+. The molecular weight excluding hydrogens is 322 g/mol. The summed E-state index contributed by atoms with van der Waals surface area (Å²) in [5, 5.41) is 13.6. The third-order valence-electron chi connectivity index (χ3n) is 3.59. The highest BCUT2D eigenvalue weighted by Crippen LogP contribution is 2.13. The minimum Gasteiger partial charge on any atom is -0.477 e. The molecular formula is C19H21NO3S. The van der Waals surface area contributed by atoms with Crippen LogP contribution in [0.2, 0.25) is 0 Å². The quantitative estimate of drug-likeness (QED) is 0.553. The molecule has 2 N–H and O–H groups in total. The molecule has 4 nitrogen and oxygen atoms in total. The maximum absolute atomic E-state index is 12.2. The maximum Gasteiger partial charge on any atom is 0.352 e. The van der Waals surface area contributed by atoms with Crippen LogP contribution in [0.1, 0.15) is 47.0 Å². The van der Waals surface area contributed by atoms with E-state index in [1.807, 2.05) is 23.6 Å². The molecule has 0 aliphatic rings. The Bertz CT molecular complexity index is 703. The van der Waals surface area contributed by atoms with Crippen molar-refractivity contribution < 1.29 is 14.7 Å². The molecule has 2 rings (SSSR count). The molecule has 0 saturated heterocycles. The number of carbonyl (C=O) groups is 2. The summed E-state index contributed by atoms with van der Waals surface area (Å²) in [5.74, 6) is -1.58. The number of benzene rings is 1. The van der Waals surface area contributed by atoms with Crippen LogP contribution in [-0.4, -0.2) is 17.0 Å². The number of hydrogen-bond acceptors (Lipinski definition) is 3.